The molecule has 3 heteroatoms. The lowest BCUT2D eigenvalue weighted by Gasteiger charge is -2.25. The Morgan fingerprint density at radius 2 is 1.92 bits per heavy atom. The molecule has 0 aromatic carbocycles. The van der Waals surface area contributed by atoms with Crippen molar-refractivity contribution in [2.24, 2.45) is 9.98 Å². The van der Waals surface area contributed by atoms with Crippen LogP contribution in [-0.2, 0) is 4.74 Å². The van der Waals surface area contributed by atoms with E-state index in [0.717, 1.165) is 31.5 Å². The largest absolute Gasteiger partial charge is 0.381 e. The molecular formula is C10H18N2O. The Balaban J connectivity index is 2.37. The second kappa shape index (κ2) is 5.12. The van der Waals surface area contributed by atoms with Gasteiger partial charge in [-0.2, -0.15) is 0 Å². The summed E-state index contributed by atoms with van der Waals surface area (Å²) < 4.78 is 5.29. The summed E-state index contributed by atoms with van der Waals surface area (Å²) in [5.41, 5.74) is 0. The first-order valence-electron chi connectivity index (χ1n) is 4.80. The van der Waals surface area contributed by atoms with E-state index in [0.29, 0.717) is 12.1 Å². The summed E-state index contributed by atoms with van der Waals surface area (Å²) in [5.74, 6) is 0.806. The molecule has 13 heavy (non-hydrogen) atoms. The van der Waals surface area contributed by atoms with Crippen LogP contribution in [0, 0.1) is 0 Å². The molecule has 0 N–H and O–H groups in total. The van der Waals surface area contributed by atoms with Gasteiger partial charge in [0.15, 0.2) is 0 Å². The van der Waals surface area contributed by atoms with Crippen LogP contribution in [0.3, 0.4) is 0 Å². The number of hydrogen-bond acceptors (Lipinski definition) is 2. The highest BCUT2D eigenvalue weighted by Crippen LogP contribution is 2.22. The predicted octanol–water partition coefficient (Wildman–Crippen LogP) is 2.06. The van der Waals surface area contributed by atoms with E-state index in [1.54, 1.807) is 7.11 Å². The van der Waals surface area contributed by atoms with Crippen LogP contribution in [0.4, 0.5) is 0 Å². The minimum absolute atomic E-state index is 0.442. The summed E-state index contributed by atoms with van der Waals surface area (Å²) in [6.45, 7) is 5.35. The highest BCUT2D eigenvalue weighted by atomic mass is 16.5. The fourth-order valence-electron chi connectivity index (χ4n) is 1.72. The van der Waals surface area contributed by atoms with Gasteiger partial charge in [0.25, 0.3) is 0 Å². The molecule has 0 amide bonds. The molecule has 0 aromatic heterocycles. The van der Waals surface area contributed by atoms with Crippen molar-refractivity contribution < 1.29 is 4.74 Å². The number of methoxy groups -OCH3 is 1. The maximum Gasteiger partial charge on any atom is 0.119 e. The van der Waals surface area contributed by atoms with Crippen LogP contribution >= 0.6 is 0 Å². The van der Waals surface area contributed by atoms with Crippen LogP contribution in [0.1, 0.15) is 32.6 Å². The molecule has 1 fully saturated rings. The van der Waals surface area contributed by atoms with E-state index in [4.69, 9.17) is 4.74 Å². The highest BCUT2D eigenvalue weighted by molar-refractivity contribution is 5.83. The fourth-order valence-corrected chi connectivity index (χ4v) is 1.72. The summed E-state index contributed by atoms with van der Waals surface area (Å²) in [6.07, 6.45) is 4.92. The van der Waals surface area contributed by atoms with Crippen molar-refractivity contribution in [2.45, 2.75) is 44.8 Å². The molecule has 74 valence electrons. The quantitative estimate of drug-likeness (QED) is 0.475. The smallest absolute Gasteiger partial charge is 0.119 e. The lowest BCUT2D eigenvalue weighted by atomic mass is 9.93. The van der Waals surface area contributed by atoms with E-state index in [1.807, 2.05) is 6.92 Å². The predicted molar refractivity (Wildman–Crippen MR) is 55.7 cm³/mol. The second-order valence-corrected chi connectivity index (χ2v) is 3.50. The summed E-state index contributed by atoms with van der Waals surface area (Å²) in [5, 5.41) is 0. The minimum Gasteiger partial charge on any atom is -0.381 e. The zero-order valence-corrected chi connectivity index (χ0v) is 8.49. The maximum atomic E-state index is 5.29. The molecule has 1 rings (SSSR count). The average Bonchev–Trinajstić information content (AvgIpc) is 2.19. The van der Waals surface area contributed by atoms with E-state index in [-0.39, 0.29) is 0 Å². The molecule has 0 saturated heterocycles. The molecule has 1 aliphatic carbocycles. The zero-order valence-electron chi connectivity index (χ0n) is 8.49. The second-order valence-electron chi connectivity index (χ2n) is 3.50. The molecule has 0 unspecified atom stereocenters. The molecule has 0 radical (unpaired) electrons. The topological polar surface area (TPSA) is 34.0 Å². The Labute approximate surface area is 79.9 Å². The molecule has 0 atom stereocenters. The van der Waals surface area contributed by atoms with Crippen molar-refractivity contribution in [3.63, 3.8) is 0 Å². The van der Waals surface area contributed by atoms with E-state index < -0.39 is 0 Å². The van der Waals surface area contributed by atoms with Gasteiger partial charge < -0.3 is 4.74 Å². The van der Waals surface area contributed by atoms with E-state index in [1.165, 1.54) is 0 Å². The monoisotopic (exact) mass is 182 g/mol. The number of ether oxygens (including phenoxy) is 1. The van der Waals surface area contributed by atoms with Gasteiger partial charge in [0.1, 0.15) is 5.84 Å². The first-order chi connectivity index (χ1) is 6.26. The van der Waals surface area contributed by atoms with Gasteiger partial charge in [-0.1, -0.05) is 0 Å². The van der Waals surface area contributed by atoms with Crippen LogP contribution < -0.4 is 0 Å². The van der Waals surface area contributed by atoms with Crippen molar-refractivity contribution in [1.29, 1.82) is 0 Å². The molecule has 0 bridgehead atoms. The molecule has 0 heterocycles. The third-order valence-electron chi connectivity index (χ3n) is 2.58. The Bertz CT molecular complexity index is 193. The first kappa shape index (κ1) is 10.4. The molecule has 3 nitrogen and oxygen atoms in total. The molecular weight excluding hydrogens is 164 g/mol. The van der Waals surface area contributed by atoms with E-state index >= 15 is 0 Å². The van der Waals surface area contributed by atoms with E-state index in [9.17, 15) is 0 Å². The fraction of sp³-hybridized carbons (Fsp3) is 0.800. The number of aliphatic imine (C=N–C) groups is 2. The highest BCUT2D eigenvalue weighted by Gasteiger charge is 2.19. The summed E-state index contributed by atoms with van der Waals surface area (Å²) in [7, 11) is 1.78. The Morgan fingerprint density at radius 1 is 1.31 bits per heavy atom. The number of nitrogens with zero attached hydrogens (tertiary/aromatic N) is 2. The van der Waals surface area contributed by atoms with Gasteiger partial charge in [0.05, 0.1) is 12.1 Å². The minimum atomic E-state index is 0.442. The van der Waals surface area contributed by atoms with Gasteiger partial charge in [0.2, 0.25) is 0 Å². The van der Waals surface area contributed by atoms with Crippen LogP contribution in [0.15, 0.2) is 9.98 Å². The van der Waals surface area contributed by atoms with Crippen molar-refractivity contribution in [1.82, 2.24) is 0 Å². The van der Waals surface area contributed by atoms with Gasteiger partial charge in [0, 0.05) is 7.11 Å². The van der Waals surface area contributed by atoms with Gasteiger partial charge in [-0.25, -0.2) is 4.99 Å². The lowest BCUT2D eigenvalue weighted by Crippen LogP contribution is -2.22. The normalized spacial score (nSPS) is 30.2. The first-order valence-corrected chi connectivity index (χ1v) is 4.80. The molecule has 1 aliphatic rings. The van der Waals surface area contributed by atoms with Gasteiger partial charge >= 0.3 is 0 Å². The summed E-state index contributed by atoms with van der Waals surface area (Å²) in [6, 6.07) is 0.442. The molecule has 0 aliphatic heterocycles. The number of rotatable bonds is 2. The molecule has 0 aromatic rings. The van der Waals surface area contributed by atoms with Gasteiger partial charge in [-0.15, -0.1) is 0 Å². The van der Waals surface area contributed by atoms with E-state index in [2.05, 4.69) is 16.7 Å². The Hall–Kier alpha value is -0.700. The summed E-state index contributed by atoms with van der Waals surface area (Å²) >= 11 is 0. The van der Waals surface area contributed by atoms with Crippen LogP contribution in [0.5, 0.6) is 0 Å². The standard InChI is InChI=1S/C10H18N2O/c1-8(11-2)12-9-4-6-10(13-3)7-5-9/h9-10H,2,4-7H2,1,3H3. The number of hydrogen-bond donors (Lipinski definition) is 0. The SMILES string of the molecule is C=NC(C)=NC1CCC(OC)CC1. The third-order valence-corrected chi connectivity index (χ3v) is 2.58. The van der Waals surface area contributed by atoms with Crippen LogP contribution in [-0.4, -0.2) is 31.8 Å². The maximum absolute atomic E-state index is 5.29. The third kappa shape index (κ3) is 3.27. The lowest BCUT2D eigenvalue weighted by molar-refractivity contribution is 0.0667. The molecule has 0 spiro atoms. The average molecular weight is 182 g/mol. The van der Waals surface area contributed by atoms with Crippen LogP contribution in [0.2, 0.25) is 0 Å². The van der Waals surface area contributed by atoms with Gasteiger partial charge in [-0.3, -0.25) is 4.99 Å². The Kier molecular flexibility index (Phi) is 4.09. The van der Waals surface area contributed by atoms with Crippen molar-refractivity contribution in [3.8, 4) is 0 Å². The van der Waals surface area contributed by atoms with Crippen LogP contribution in [0.25, 0.3) is 0 Å². The van der Waals surface area contributed by atoms with Gasteiger partial charge in [-0.05, 0) is 39.3 Å². The number of amidine groups is 1. The summed E-state index contributed by atoms with van der Waals surface area (Å²) in [4.78, 5) is 8.25. The zero-order chi connectivity index (χ0) is 9.68. The van der Waals surface area contributed by atoms with Crippen molar-refractivity contribution in [3.05, 3.63) is 0 Å². The van der Waals surface area contributed by atoms with Crippen molar-refractivity contribution in [2.75, 3.05) is 7.11 Å². The Morgan fingerprint density at radius 3 is 2.38 bits per heavy atom. The molecule has 1 saturated carbocycles. The van der Waals surface area contributed by atoms with Crippen molar-refractivity contribution >= 4 is 12.6 Å².